The van der Waals surface area contributed by atoms with E-state index in [4.69, 9.17) is 4.74 Å². The van der Waals surface area contributed by atoms with Crippen LogP contribution in [0.2, 0.25) is 0 Å². The minimum Gasteiger partial charge on any atom is -0.376 e. The van der Waals surface area contributed by atoms with Crippen molar-refractivity contribution in [3.05, 3.63) is 34.4 Å². The molecule has 0 radical (unpaired) electrons. The minimum atomic E-state index is 0.233. The molecule has 0 aliphatic carbocycles. The molecule has 1 unspecified atom stereocenters. The highest BCUT2D eigenvalue weighted by atomic mass is 16.5. The van der Waals surface area contributed by atoms with Crippen LogP contribution in [0.4, 0.5) is 0 Å². The van der Waals surface area contributed by atoms with Crippen LogP contribution in [0.3, 0.4) is 0 Å². The molecular weight excluding hydrogens is 250 g/mol. The molecule has 1 aromatic rings. The van der Waals surface area contributed by atoms with Crippen molar-refractivity contribution >= 4 is 5.78 Å². The largest absolute Gasteiger partial charge is 0.376 e. The summed E-state index contributed by atoms with van der Waals surface area (Å²) in [6.07, 6.45) is 1.28. The number of ketones is 1. The average Bonchev–Trinajstić information content (AvgIpc) is 2.37. The number of Topliss-reactive ketones (excluding diaryl/α,β-unsaturated/α-hetero) is 1. The summed E-state index contributed by atoms with van der Waals surface area (Å²) in [7, 11) is 0. The summed E-state index contributed by atoms with van der Waals surface area (Å²) in [6, 6.07) is 4.18. The topological polar surface area (TPSA) is 29.5 Å². The van der Waals surface area contributed by atoms with E-state index in [1.807, 2.05) is 13.8 Å². The third-order valence-electron chi connectivity index (χ3n) is 4.00. The van der Waals surface area contributed by atoms with Crippen molar-refractivity contribution in [3.63, 3.8) is 0 Å². The van der Waals surface area contributed by atoms with Crippen molar-refractivity contribution in [1.82, 2.24) is 4.90 Å². The number of carbonyl (C=O) groups is 1. The zero-order chi connectivity index (χ0) is 14.7. The molecule has 1 heterocycles. The molecule has 1 aliphatic heterocycles. The lowest BCUT2D eigenvalue weighted by Gasteiger charge is -2.32. The van der Waals surface area contributed by atoms with Gasteiger partial charge in [0.05, 0.1) is 19.3 Å². The van der Waals surface area contributed by atoms with Crippen molar-refractivity contribution in [1.29, 1.82) is 0 Å². The van der Waals surface area contributed by atoms with Crippen molar-refractivity contribution in [2.24, 2.45) is 0 Å². The maximum absolute atomic E-state index is 12.6. The van der Waals surface area contributed by atoms with Crippen molar-refractivity contribution in [3.8, 4) is 0 Å². The van der Waals surface area contributed by atoms with E-state index in [1.165, 1.54) is 5.56 Å². The van der Waals surface area contributed by atoms with Gasteiger partial charge in [-0.25, -0.2) is 0 Å². The number of aryl methyl sites for hydroxylation is 3. The highest BCUT2D eigenvalue weighted by Crippen LogP contribution is 2.18. The first kappa shape index (κ1) is 15.2. The summed E-state index contributed by atoms with van der Waals surface area (Å²) in [5.41, 5.74) is 4.30. The zero-order valence-corrected chi connectivity index (χ0v) is 13.0. The van der Waals surface area contributed by atoms with E-state index in [0.29, 0.717) is 6.54 Å². The van der Waals surface area contributed by atoms with E-state index in [0.717, 1.165) is 42.8 Å². The third kappa shape index (κ3) is 3.47. The highest BCUT2D eigenvalue weighted by Gasteiger charge is 2.22. The van der Waals surface area contributed by atoms with Crippen LogP contribution in [0.1, 0.15) is 40.4 Å². The smallest absolute Gasteiger partial charge is 0.177 e. The summed E-state index contributed by atoms with van der Waals surface area (Å²) >= 11 is 0. The molecule has 3 nitrogen and oxygen atoms in total. The Kier molecular flexibility index (Phi) is 4.95. The first-order valence-corrected chi connectivity index (χ1v) is 7.46. The van der Waals surface area contributed by atoms with E-state index in [1.54, 1.807) is 0 Å². The van der Waals surface area contributed by atoms with Crippen LogP contribution in [0.25, 0.3) is 0 Å². The van der Waals surface area contributed by atoms with Gasteiger partial charge < -0.3 is 4.74 Å². The maximum Gasteiger partial charge on any atom is 0.177 e. The second-order valence-corrected chi connectivity index (χ2v) is 5.83. The van der Waals surface area contributed by atoms with Gasteiger partial charge in [0.1, 0.15) is 0 Å². The van der Waals surface area contributed by atoms with Crippen LogP contribution in [0.15, 0.2) is 12.1 Å². The van der Waals surface area contributed by atoms with Crippen LogP contribution < -0.4 is 0 Å². The van der Waals surface area contributed by atoms with Crippen molar-refractivity contribution < 1.29 is 9.53 Å². The normalized spacial score (nSPS) is 20.1. The molecule has 1 atom stereocenters. The van der Waals surface area contributed by atoms with E-state index in [2.05, 4.69) is 30.9 Å². The van der Waals surface area contributed by atoms with Crippen molar-refractivity contribution in [2.45, 2.75) is 40.2 Å². The number of carbonyl (C=O) groups excluding carboxylic acids is 1. The first-order chi connectivity index (χ1) is 9.51. The Bertz CT molecular complexity index is 473. The van der Waals surface area contributed by atoms with Crippen LogP contribution in [-0.4, -0.2) is 43.0 Å². The predicted molar refractivity (Wildman–Crippen MR) is 81.5 cm³/mol. The molecule has 0 saturated carbocycles. The number of hydrogen-bond acceptors (Lipinski definition) is 3. The molecule has 20 heavy (non-hydrogen) atoms. The fourth-order valence-electron chi connectivity index (χ4n) is 3.07. The van der Waals surface area contributed by atoms with Gasteiger partial charge in [0, 0.05) is 18.7 Å². The van der Waals surface area contributed by atoms with Gasteiger partial charge >= 0.3 is 0 Å². The summed E-state index contributed by atoms with van der Waals surface area (Å²) in [6.45, 7) is 11.2. The van der Waals surface area contributed by atoms with Crippen LogP contribution in [-0.2, 0) is 4.74 Å². The van der Waals surface area contributed by atoms with E-state index in [-0.39, 0.29) is 11.9 Å². The van der Waals surface area contributed by atoms with E-state index < -0.39 is 0 Å². The van der Waals surface area contributed by atoms with Gasteiger partial charge in [0.15, 0.2) is 5.78 Å². The standard InChI is InChI=1S/C17H25NO2/c1-5-15-10-18(6-7-20-15)11-16(19)17-13(3)8-12(2)9-14(17)4/h8-9,15H,5-7,10-11H2,1-4H3. The average molecular weight is 275 g/mol. The molecular formula is C17H25NO2. The predicted octanol–water partition coefficient (Wildman–Crippen LogP) is 2.91. The molecule has 1 saturated heterocycles. The van der Waals surface area contributed by atoms with E-state index >= 15 is 0 Å². The van der Waals surface area contributed by atoms with Crippen molar-refractivity contribution in [2.75, 3.05) is 26.2 Å². The minimum absolute atomic E-state index is 0.233. The Morgan fingerprint density at radius 3 is 2.55 bits per heavy atom. The number of nitrogens with zero attached hydrogens (tertiary/aromatic N) is 1. The molecule has 0 spiro atoms. The number of ether oxygens (including phenoxy) is 1. The third-order valence-corrected chi connectivity index (χ3v) is 4.00. The Balaban J connectivity index is 2.09. The molecule has 2 rings (SSSR count). The molecule has 0 N–H and O–H groups in total. The van der Waals surface area contributed by atoms with Gasteiger partial charge in [-0.05, 0) is 38.3 Å². The monoisotopic (exact) mass is 275 g/mol. The molecule has 1 aliphatic rings. The molecule has 0 aromatic heterocycles. The molecule has 110 valence electrons. The highest BCUT2D eigenvalue weighted by molar-refractivity contribution is 6.00. The summed E-state index contributed by atoms with van der Waals surface area (Å²) in [4.78, 5) is 14.8. The lowest BCUT2D eigenvalue weighted by molar-refractivity contribution is -0.0271. The Labute approximate surface area is 121 Å². The molecule has 0 bridgehead atoms. The fraction of sp³-hybridized carbons (Fsp3) is 0.588. The molecule has 1 fully saturated rings. The fourth-order valence-corrected chi connectivity index (χ4v) is 3.07. The number of benzene rings is 1. The van der Waals surface area contributed by atoms with Gasteiger partial charge in [0.2, 0.25) is 0 Å². The summed E-state index contributed by atoms with van der Waals surface area (Å²) in [5, 5.41) is 0. The quantitative estimate of drug-likeness (QED) is 0.791. The van der Waals surface area contributed by atoms with E-state index in [9.17, 15) is 4.79 Å². The molecule has 0 amide bonds. The number of hydrogen-bond donors (Lipinski definition) is 0. The van der Waals surface area contributed by atoms with Gasteiger partial charge in [0.25, 0.3) is 0 Å². The Morgan fingerprint density at radius 1 is 1.30 bits per heavy atom. The van der Waals surface area contributed by atoms with Gasteiger partial charge in [-0.15, -0.1) is 0 Å². The van der Waals surface area contributed by atoms with Gasteiger partial charge in [-0.3, -0.25) is 9.69 Å². The first-order valence-electron chi connectivity index (χ1n) is 7.46. The Hall–Kier alpha value is -1.19. The summed E-state index contributed by atoms with van der Waals surface area (Å²) in [5.74, 6) is 0.233. The number of rotatable bonds is 4. The zero-order valence-electron chi connectivity index (χ0n) is 13.0. The van der Waals surface area contributed by atoms with Crippen LogP contribution in [0, 0.1) is 20.8 Å². The Morgan fingerprint density at radius 2 is 1.95 bits per heavy atom. The summed E-state index contributed by atoms with van der Waals surface area (Å²) < 4.78 is 5.65. The maximum atomic E-state index is 12.6. The lowest BCUT2D eigenvalue weighted by atomic mass is 9.96. The second-order valence-electron chi connectivity index (χ2n) is 5.83. The molecule has 3 heteroatoms. The van der Waals surface area contributed by atoms with Gasteiger partial charge in [-0.2, -0.15) is 0 Å². The lowest BCUT2D eigenvalue weighted by Crippen LogP contribution is -2.44. The molecule has 1 aromatic carbocycles. The second kappa shape index (κ2) is 6.51. The number of morpholine rings is 1. The van der Waals surface area contributed by atoms with Gasteiger partial charge in [-0.1, -0.05) is 24.6 Å². The van der Waals surface area contributed by atoms with Crippen LogP contribution in [0.5, 0.6) is 0 Å². The SMILES string of the molecule is CCC1CN(CC(=O)c2c(C)cc(C)cc2C)CCO1. The van der Waals surface area contributed by atoms with Crippen LogP contribution >= 0.6 is 0 Å².